The second kappa shape index (κ2) is 5.21. The number of benzene rings is 2. The number of rotatable bonds is 2. The first-order chi connectivity index (χ1) is 9.63. The second-order valence-electron chi connectivity index (χ2n) is 5.00. The number of nitrogens with two attached hydrogens (primary N) is 1. The van der Waals surface area contributed by atoms with Crippen LogP contribution in [0.25, 0.3) is 0 Å². The molecule has 0 aliphatic carbocycles. The van der Waals surface area contributed by atoms with Gasteiger partial charge >= 0.3 is 0 Å². The van der Waals surface area contributed by atoms with Crippen molar-refractivity contribution in [2.24, 2.45) is 0 Å². The van der Waals surface area contributed by atoms with Crippen LogP contribution in [0.3, 0.4) is 0 Å². The topological polar surface area (TPSA) is 55.1 Å². The molecule has 2 aromatic carbocycles. The zero-order valence-electron chi connectivity index (χ0n) is 11.2. The fraction of sp³-hybridized carbons (Fsp3) is 0.188. The Morgan fingerprint density at radius 1 is 1.30 bits per heavy atom. The normalized spacial score (nSPS) is 16.8. The van der Waals surface area contributed by atoms with Crippen LogP contribution >= 0.6 is 11.8 Å². The van der Waals surface area contributed by atoms with E-state index in [2.05, 4.69) is 17.4 Å². The van der Waals surface area contributed by atoms with Gasteiger partial charge in [-0.2, -0.15) is 0 Å². The van der Waals surface area contributed by atoms with Crippen LogP contribution in [0.1, 0.15) is 11.1 Å². The molecule has 1 heterocycles. The third-order valence-electron chi connectivity index (χ3n) is 3.40. The second-order valence-corrected chi connectivity index (χ2v) is 6.24. The van der Waals surface area contributed by atoms with Crippen molar-refractivity contribution in [3.8, 4) is 0 Å². The molecule has 1 atom stereocenters. The van der Waals surface area contributed by atoms with Crippen LogP contribution in [0.15, 0.2) is 47.4 Å². The fourth-order valence-corrected chi connectivity index (χ4v) is 3.53. The molecule has 3 nitrogen and oxygen atoms in total. The summed E-state index contributed by atoms with van der Waals surface area (Å²) in [5, 5.41) is 2.85. The summed E-state index contributed by atoms with van der Waals surface area (Å²) in [6.45, 7) is 1.98. The summed E-state index contributed by atoms with van der Waals surface area (Å²) < 4.78 is 0. The monoisotopic (exact) mass is 284 g/mol. The third kappa shape index (κ3) is 2.51. The molecule has 0 bridgehead atoms. The quantitative estimate of drug-likeness (QED) is 0.832. The van der Waals surface area contributed by atoms with Crippen LogP contribution in [0.2, 0.25) is 0 Å². The first-order valence-corrected chi connectivity index (χ1v) is 7.43. The molecule has 1 aliphatic rings. The van der Waals surface area contributed by atoms with E-state index in [0.717, 1.165) is 12.0 Å². The van der Waals surface area contributed by atoms with E-state index in [-0.39, 0.29) is 11.2 Å². The summed E-state index contributed by atoms with van der Waals surface area (Å²) >= 11 is 1.62. The molecular weight excluding hydrogens is 268 g/mol. The lowest BCUT2D eigenvalue weighted by Gasteiger charge is -2.12. The van der Waals surface area contributed by atoms with E-state index in [0.29, 0.717) is 11.4 Å². The van der Waals surface area contributed by atoms with Crippen molar-refractivity contribution in [3.63, 3.8) is 0 Å². The summed E-state index contributed by atoms with van der Waals surface area (Å²) in [5.74, 6) is 0.0155. The highest BCUT2D eigenvalue weighted by Crippen LogP contribution is 2.37. The Bertz CT molecular complexity index is 644. The molecule has 0 aromatic heterocycles. The highest BCUT2D eigenvalue weighted by Gasteiger charge is 2.28. The average molecular weight is 284 g/mol. The van der Waals surface area contributed by atoms with Crippen LogP contribution in [-0.4, -0.2) is 11.2 Å². The zero-order chi connectivity index (χ0) is 14.1. The van der Waals surface area contributed by atoms with Crippen molar-refractivity contribution in [2.45, 2.75) is 23.5 Å². The summed E-state index contributed by atoms with van der Waals surface area (Å²) in [7, 11) is 0. The molecule has 0 fully saturated rings. The Balaban J connectivity index is 1.72. The summed E-state index contributed by atoms with van der Waals surface area (Å²) in [5.41, 5.74) is 9.56. The highest BCUT2D eigenvalue weighted by molar-refractivity contribution is 8.01. The number of aryl methyl sites for hydroxylation is 1. The van der Waals surface area contributed by atoms with E-state index in [1.54, 1.807) is 11.8 Å². The maximum Gasteiger partial charge on any atom is 0.238 e. The van der Waals surface area contributed by atoms with Gasteiger partial charge in [0.25, 0.3) is 0 Å². The van der Waals surface area contributed by atoms with Crippen LogP contribution in [0.5, 0.6) is 0 Å². The smallest absolute Gasteiger partial charge is 0.238 e. The maximum absolute atomic E-state index is 12.3. The lowest BCUT2D eigenvalue weighted by atomic mass is 10.1. The first-order valence-electron chi connectivity index (χ1n) is 6.55. The molecule has 3 rings (SSSR count). The summed E-state index contributed by atoms with van der Waals surface area (Å²) in [6, 6.07) is 13.8. The Morgan fingerprint density at radius 3 is 2.85 bits per heavy atom. The summed E-state index contributed by atoms with van der Waals surface area (Å²) in [6.07, 6.45) is 0.776. The SMILES string of the molecule is Cc1ccc(NC(=O)C2Cc3ccccc3S2)c(N)c1. The van der Waals surface area contributed by atoms with Crippen molar-refractivity contribution in [2.75, 3.05) is 11.1 Å². The average Bonchev–Trinajstić information content (AvgIpc) is 2.86. The fourth-order valence-electron chi connectivity index (χ4n) is 2.34. The molecular formula is C16H16N2OS. The number of carbonyl (C=O) groups is 1. The van der Waals surface area contributed by atoms with Gasteiger partial charge in [0.15, 0.2) is 0 Å². The van der Waals surface area contributed by atoms with Gasteiger partial charge < -0.3 is 11.1 Å². The van der Waals surface area contributed by atoms with Crippen molar-refractivity contribution in [1.29, 1.82) is 0 Å². The predicted molar refractivity (Wildman–Crippen MR) is 84.0 cm³/mol. The lowest BCUT2D eigenvalue weighted by molar-refractivity contribution is -0.115. The number of anilines is 2. The maximum atomic E-state index is 12.3. The van der Waals surface area contributed by atoms with E-state index in [1.807, 2.05) is 37.3 Å². The zero-order valence-corrected chi connectivity index (χ0v) is 12.0. The molecule has 3 N–H and O–H groups in total. The van der Waals surface area contributed by atoms with Crippen molar-refractivity contribution in [3.05, 3.63) is 53.6 Å². The molecule has 1 amide bonds. The molecule has 4 heteroatoms. The molecule has 0 saturated heterocycles. The van der Waals surface area contributed by atoms with E-state index < -0.39 is 0 Å². The van der Waals surface area contributed by atoms with Crippen LogP contribution in [-0.2, 0) is 11.2 Å². The molecule has 2 aromatic rings. The van der Waals surface area contributed by atoms with E-state index in [1.165, 1.54) is 10.5 Å². The molecule has 1 aliphatic heterocycles. The number of amides is 1. The molecule has 102 valence electrons. The Hall–Kier alpha value is -1.94. The first kappa shape index (κ1) is 13.1. The van der Waals surface area contributed by atoms with Crippen molar-refractivity contribution < 1.29 is 4.79 Å². The summed E-state index contributed by atoms with van der Waals surface area (Å²) in [4.78, 5) is 13.5. The van der Waals surface area contributed by atoms with E-state index >= 15 is 0 Å². The number of hydrogen-bond donors (Lipinski definition) is 2. The number of nitrogen functional groups attached to an aromatic ring is 1. The van der Waals surface area contributed by atoms with Gasteiger partial charge in [-0.05, 0) is 42.7 Å². The van der Waals surface area contributed by atoms with Gasteiger partial charge in [-0.1, -0.05) is 24.3 Å². The van der Waals surface area contributed by atoms with Crippen LogP contribution in [0.4, 0.5) is 11.4 Å². The predicted octanol–water partition coefficient (Wildman–Crippen LogP) is 3.23. The minimum absolute atomic E-state index is 0.0155. The minimum Gasteiger partial charge on any atom is -0.397 e. The number of carbonyl (C=O) groups excluding carboxylic acids is 1. The molecule has 20 heavy (non-hydrogen) atoms. The van der Waals surface area contributed by atoms with Gasteiger partial charge in [0, 0.05) is 4.90 Å². The van der Waals surface area contributed by atoms with Crippen LogP contribution < -0.4 is 11.1 Å². The molecule has 0 radical (unpaired) electrons. The van der Waals surface area contributed by atoms with Gasteiger partial charge in [0.1, 0.15) is 0 Å². The van der Waals surface area contributed by atoms with Gasteiger partial charge in [-0.3, -0.25) is 4.79 Å². The van der Waals surface area contributed by atoms with Gasteiger partial charge in [-0.25, -0.2) is 0 Å². The van der Waals surface area contributed by atoms with Crippen molar-refractivity contribution >= 4 is 29.0 Å². The largest absolute Gasteiger partial charge is 0.397 e. The van der Waals surface area contributed by atoms with Gasteiger partial charge in [-0.15, -0.1) is 11.8 Å². The van der Waals surface area contributed by atoms with Crippen LogP contribution in [0, 0.1) is 6.92 Å². The lowest BCUT2D eigenvalue weighted by Crippen LogP contribution is -2.25. The Kier molecular flexibility index (Phi) is 3.40. The van der Waals surface area contributed by atoms with E-state index in [4.69, 9.17) is 5.73 Å². The standard InChI is InChI=1S/C16H16N2OS/c1-10-6-7-13(12(17)8-10)18-16(19)15-9-11-4-2-3-5-14(11)20-15/h2-8,15H,9,17H2,1H3,(H,18,19). The van der Waals surface area contributed by atoms with Crippen molar-refractivity contribution in [1.82, 2.24) is 0 Å². The number of fused-ring (bicyclic) bond motifs is 1. The molecule has 1 unspecified atom stereocenters. The van der Waals surface area contributed by atoms with Gasteiger partial charge in [0.2, 0.25) is 5.91 Å². The van der Waals surface area contributed by atoms with Gasteiger partial charge in [0.05, 0.1) is 16.6 Å². The number of nitrogens with one attached hydrogen (secondary N) is 1. The number of thioether (sulfide) groups is 1. The third-order valence-corrected chi connectivity index (χ3v) is 4.72. The van der Waals surface area contributed by atoms with E-state index in [9.17, 15) is 4.79 Å². The number of hydrogen-bond acceptors (Lipinski definition) is 3. The molecule has 0 saturated carbocycles. The Labute approximate surface area is 122 Å². The minimum atomic E-state index is -0.0758. The molecule has 0 spiro atoms. The Morgan fingerprint density at radius 2 is 2.10 bits per heavy atom. The highest BCUT2D eigenvalue weighted by atomic mass is 32.2.